The Labute approximate surface area is 209 Å². The fourth-order valence-electron chi connectivity index (χ4n) is 5.09. The average molecular weight is 494 g/mol. The van der Waals surface area contributed by atoms with Crippen LogP contribution in [0.5, 0.6) is 0 Å². The number of hydrogen-bond acceptors (Lipinski definition) is 8. The predicted octanol–water partition coefficient (Wildman–Crippen LogP) is 5.80. The molecule has 3 atom stereocenters. The average Bonchev–Trinajstić information content (AvgIpc) is 3.41. The normalized spacial score (nSPS) is 20.7. The second-order valence-electron chi connectivity index (χ2n) is 9.72. The maximum absolute atomic E-state index is 10.2. The molecule has 2 heterocycles. The Bertz CT molecular complexity index is 1330. The summed E-state index contributed by atoms with van der Waals surface area (Å²) in [4.78, 5) is 4.55. The van der Waals surface area contributed by atoms with E-state index in [-0.39, 0.29) is 18.1 Å². The van der Waals surface area contributed by atoms with Crippen LogP contribution in [0.15, 0.2) is 59.1 Å². The van der Waals surface area contributed by atoms with Gasteiger partial charge in [-0.1, -0.05) is 36.4 Å². The van der Waals surface area contributed by atoms with Gasteiger partial charge in [-0.2, -0.15) is 0 Å². The predicted molar refractivity (Wildman–Crippen MR) is 141 cm³/mol. The molecular formula is C27H31N3O4S. The molecule has 2 aromatic heterocycles. The minimum absolute atomic E-state index is 0.110. The Morgan fingerprint density at radius 2 is 1.97 bits per heavy atom. The first-order valence-electron chi connectivity index (χ1n) is 11.8. The van der Waals surface area contributed by atoms with Gasteiger partial charge in [-0.3, -0.25) is 10.1 Å². The number of hydrogen-bond donors (Lipinski definition) is 3. The molecule has 1 saturated carbocycles. The van der Waals surface area contributed by atoms with Crippen LogP contribution in [0.25, 0.3) is 33.2 Å². The molecule has 1 aliphatic rings. The third-order valence-electron chi connectivity index (χ3n) is 6.60. The molecule has 1 fully saturated rings. The molecular weight excluding hydrogens is 462 g/mol. The molecule has 7 nitrogen and oxygen atoms in total. The van der Waals surface area contributed by atoms with Crippen LogP contribution in [0, 0.1) is 12.8 Å². The number of nitrogens with two attached hydrogens (primary N) is 1. The van der Waals surface area contributed by atoms with Gasteiger partial charge in [0.1, 0.15) is 11.3 Å². The van der Waals surface area contributed by atoms with Crippen LogP contribution < -0.4 is 10.5 Å². The highest BCUT2D eigenvalue weighted by Crippen LogP contribution is 2.38. The number of furan rings is 1. The first-order valence-corrected chi connectivity index (χ1v) is 12.6. The number of nitrogens with zero attached hydrogens (tertiary/aromatic N) is 1. The zero-order chi connectivity index (χ0) is 24.6. The highest BCUT2D eigenvalue weighted by atomic mass is 32.2. The Morgan fingerprint density at radius 3 is 2.74 bits per heavy atom. The quantitative estimate of drug-likeness (QED) is 0.161. The van der Waals surface area contributed by atoms with Crippen molar-refractivity contribution in [3.63, 3.8) is 0 Å². The molecule has 4 N–H and O–H groups in total. The molecule has 35 heavy (non-hydrogen) atoms. The fourth-order valence-corrected chi connectivity index (χ4v) is 5.34. The van der Waals surface area contributed by atoms with E-state index in [4.69, 9.17) is 18.5 Å². The van der Waals surface area contributed by atoms with Gasteiger partial charge in [0.15, 0.2) is 11.4 Å². The van der Waals surface area contributed by atoms with Crippen LogP contribution in [0.2, 0.25) is 0 Å². The molecule has 8 heteroatoms. The first-order chi connectivity index (χ1) is 16.8. The van der Waals surface area contributed by atoms with Gasteiger partial charge in [-0.25, -0.2) is 0 Å². The number of anilines is 1. The zero-order valence-electron chi connectivity index (χ0n) is 20.2. The van der Waals surface area contributed by atoms with Gasteiger partial charge in [0.2, 0.25) is 0 Å². The number of aliphatic hydroxyl groups is 1. The van der Waals surface area contributed by atoms with Crippen LogP contribution in [0.4, 0.5) is 5.69 Å². The van der Waals surface area contributed by atoms with Crippen molar-refractivity contribution in [1.82, 2.24) is 4.98 Å². The summed E-state index contributed by atoms with van der Waals surface area (Å²) in [5.74, 6) is -0.318. The van der Waals surface area contributed by atoms with Crippen LogP contribution in [0.1, 0.15) is 32.3 Å². The van der Waals surface area contributed by atoms with Crippen molar-refractivity contribution < 1.29 is 18.4 Å². The van der Waals surface area contributed by atoms with E-state index in [1.807, 2.05) is 12.1 Å². The second-order valence-corrected chi connectivity index (χ2v) is 10.1. The van der Waals surface area contributed by atoms with E-state index in [1.54, 1.807) is 20.0 Å². The van der Waals surface area contributed by atoms with Crippen LogP contribution in [-0.4, -0.2) is 34.6 Å². The third kappa shape index (κ3) is 5.17. The lowest BCUT2D eigenvalue weighted by Crippen LogP contribution is -2.33. The maximum atomic E-state index is 10.2. The number of nitrogens with one attached hydrogen (secondary N) is 1. The van der Waals surface area contributed by atoms with Gasteiger partial charge in [0, 0.05) is 29.8 Å². The zero-order valence-corrected chi connectivity index (χ0v) is 21.0. The SMILES string of the molecule is Cc1ccc(-c2cc3nccc(N[C@@H]4CC(COSN)C(OC(C)(C)O)C4)c3o2)c2ccccc12. The van der Waals surface area contributed by atoms with Crippen molar-refractivity contribution in [3.05, 3.63) is 60.3 Å². The van der Waals surface area contributed by atoms with E-state index in [0.29, 0.717) is 6.61 Å². The summed E-state index contributed by atoms with van der Waals surface area (Å²) in [5, 5.41) is 21.7. The third-order valence-corrected chi connectivity index (χ3v) is 6.87. The lowest BCUT2D eigenvalue weighted by Gasteiger charge is -2.27. The number of ether oxygens (including phenoxy) is 1. The second kappa shape index (κ2) is 9.79. The molecule has 2 aromatic carbocycles. The summed E-state index contributed by atoms with van der Waals surface area (Å²) >= 11 is 0.856. The fraction of sp³-hybridized carbons (Fsp3) is 0.370. The summed E-state index contributed by atoms with van der Waals surface area (Å²) in [7, 11) is 0. The van der Waals surface area contributed by atoms with Gasteiger partial charge >= 0.3 is 0 Å². The molecule has 5 rings (SSSR count). The number of rotatable bonds is 8. The van der Waals surface area contributed by atoms with E-state index in [2.05, 4.69) is 53.6 Å². The Balaban J connectivity index is 1.43. The molecule has 0 spiro atoms. The van der Waals surface area contributed by atoms with Gasteiger partial charge in [-0.05, 0) is 56.0 Å². The van der Waals surface area contributed by atoms with Crippen LogP contribution in [-0.2, 0) is 8.92 Å². The van der Waals surface area contributed by atoms with Crippen LogP contribution >= 0.6 is 12.2 Å². The number of fused-ring (bicyclic) bond motifs is 2. The van der Waals surface area contributed by atoms with E-state index in [0.717, 1.165) is 58.6 Å². The van der Waals surface area contributed by atoms with E-state index < -0.39 is 5.79 Å². The Hall–Kier alpha value is -2.62. The number of aryl methyl sites for hydroxylation is 1. The molecule has 4 aromatic rings. The maximum Gasteiger partial charge on any atom is 0.176 e. The first kappa shape index (κ1) is 24.1. The minimum Gasteiger partial charge on any atom is -0.452 e. The Morgan fingerprint density at radius 1 is 1.17 bits per heavy atom. The summed E-state index contributed by atoms with van der Waals surface area (Å²) in [6, 6.07) is 16.7. The van der Waals surface area contributed by atoms with Crippen molar-refractivity contribution in [1.29, 1.82) is 0 Å². The molecule has 0 amide bonds. The monoisotopic (exact) mass is 493 g/mol. The van der Waals surface area contributed by atoms with Crippen molar-refractivity contribution in [2.45, 2.75) is 51.5 Å². The van der Waals surface area contributed by atoms with Gasteiger partial charge in [-0.15, -0.1) is 0 Å². The van der Waals surface area contributed by atoms with Gasteiger partial charge in [0.25, 0.3) is 0 Å². The highest BCUT2D eigenvalue weighted by Gasteiger charge is 2.38. The van der Waals surface area contributed by atoms with Crippen molar-refractivity contribution in [2.24, 2.45) is 11.1 Å². The number of benzene rings is 2. The molecule has 184 valence electrons. The molecule has 0 aliphatic heterocycles. The largest absolute Gasteiger partial charge is 0.452 e. The minimum atomic E-state index is -1.22. The van der Waals surface area contributed by atoms with Crippen LogP contribution in [0.3, 0.4) is 0 Å². The topological polar surface area (TPSA) is 103 Å². The molecule has 2 unspecified atom stereocenters. The summed E-state index contributed by atoms with van der Waals surface area (Å²) in [6.07, 6.45) is 3.19. The molecule has 1 aliphatic carbocycles. The van der Waals surface area contributed by atoms with Gasteiger partial charge in [0.05, 0.1) is 30.6 Å². The lowest BCUT2D eigenvalue weighted by molar-refractivity contribution is -0.213. The summed E-state index contributed by atoms with van der Waals surface area (Å²) in [6.45, 7) is 5.87. The summed E-state index contributed by atoms with van der Waals surface area (Å²) < 4.78 is 17.7. The standard InChI is InChI=1S/C27H31N3O4S/c1-16-8-9-21(20-7-5-4-6-19(16)20)25-14-23-26(33-25)22(10-11-29-23)30-18-12-17(15-32-35-28)24(13-18)34-27(2,3)31/h4-11,14,17-18,24,31H,12-13,15,28H2,1-3H3,(H,29,30)/t17?,18-,24?/m1/s1. The smallest absolute Gasteiger partial charge is 0.176 e. The van der Waals surface area contributed by atoms with Crippen molar-refractivity contribution >= 4 is 39.8 Å². The number of pyridine rings is 1. The van der Waals surface area contributed by atoms with E-state index >= 15 is 0 Å². The Kier molecular flexibility index (Phi) is 6.74. The summed E-state index contributed by atoms with van der Waals surface area (Å²) in [5.41, 5.74) is 4.70. The number of aromatic nitrogens is 1. The van der Waals surface area contributed by atoms with Crippen molar-refractivity contribution in [2.75, 3.05) is 11.9 Å². The van der Waals surface area contributed by atoms with Gasteiger partial charge < -0.3 is 23.8 Å². The van der Waals surface area contributed by atoms with E-state index in [9.17, 15) is 5.11 Å². The lowest BCUT2D eigenvalue weighted by atomic mass is 9.99. The highest BCUT2D eigenvalue weighted by molar-refractivity contribution is 7.92. The van der Waals surface area contributed by atoms with E-state index in [1.165, 1.54) is 10.9 Å². The molecule has 0 radical (unpaired) electrons. The van der Waals surface area contributed by atoms with Crippen molar-refractivity contribution in [3.8, 4) is 11.3 Å². The molecule has 0 bridgehead atoms. The molecule has 0 saturated heterocycles.